The molecule has 0 aromatic heterocycles. The summed E-state index contributed by atoms with van der Waals surface area (Å²) in [6.45, 7) is 3.62. The van der Waals surface area contributed by atoms with Crippen LogP contribution in [0, 0.1) is 5.92 Å². The number of piperazine rings is 1. The second-order valence-electron chi connectivity index (χ2n) is 5.03. The molecule has 0 aliphatic carbocycles. The highest BCUT2D eigenvalue weighted by Crippen LogP contribution is 2.15. The molecule has 1 atom stereocenters. The highest BCUT2D eigenvalue weighted by atomic mass is 35.5. The van der Waals surface area contributed by atoms with E-state index in [-0.39, 0.29) is 24.2 Å². The van der Waals surface area contributed by atoms with Crippen molar-refractivity contribution >= 4 is 28.3 Å². The van der Waals surface area contributed by atoms with Crippen molar-refractivity contribution in [2.24, 2.45) is 5.92 Å². The van der Waals surface area contributed by atoms with Crippen LogP contribution >= 0.6 is 12.4 Å². The zero-order chi connectivity index (χ0) is 13.2. The topological polar surface area (TPSA) is 69.7 Å². The van der Waals surface area contributed by atoms with Gasteiger partial charge in [-0.3, -0.25) is 4.79 Å². The summed E-state index contributed by atoms with van der Waals surface area (Å²) < 4.78 is 24.2. The molecule has 6 nitrogen and oxygen atoms in total. The van der Waals surface area contributed by atoms with Crippen LogP contribution in [-0.2, 0) is 14.8 Å². The van der Waals surface area contributed by atoms with Crippen molar-refractivity contribution in [2.75, 3.05) is 45.5 Å². The number of hydrogen-bond donors (Lipinski definition) is 1. The average Bonchev–Trinajstić information content (AvgIpc) is 2.38. The molecule has 1 amide bonds. The van der Waals surface area contributed by atoms with Gasteiger partial charge in [-0.15, -0.1) is 12.4 Å². The van der Waals surface area contributed by atoms with E-state index in [0.29, 0.717) is 26.2 Å². The number of carbonyl (C=O) groups is 1. The van der Waals surface area contributed by atoms with Gasteiger partial charge < -0.3 is 10.2 Å². The van der Waals surface area contributed by atoms with Crippen LogP contribution in [0.25, 0.3) is 0 Å². The molecule has 2 saturated heterocycles. The van der Waals surface area contributed by atoms with Crippen LogP contribution in [0.4, 0.5) is 0 Å². The van der Waals surface area contributed by atoms with Crippen LogP contribution < -0.4 is 5.32 Å². The largest absolute Gasteiger partial charge is 0.340 e. The van der Waals surface area contributed by atoms with E-state index in [2.05, 4.69) is 5.32 Å². The summed E-state index contributed by atoms with van der Waals surface area (Å²) in [7, 11) is -3.12. The van der Waals surface area contributed by atoms with Crippen molar-refractivity contribution in [3.63, 3.8) is 0 Å². The minimum absolute atomic E-state index is 0. The molecule has 2 rings (SSSR count). The molecule has 0 aromatic rings. The van der Waals surface area contributed by atoms with Crippen molar-refractivity contribution in [1.82, 2.24) is 14.5 Å². The van der Waals surface area contributed by atoms with Gasteiger partial charge in [-0.1, -0.05) is 0 Å². The number of nitrogens with zero attached hydrogens (tertiary/aromatic N) is 2. The Morgan fingerprint density at radius 3 is 2.32 bits per heavy atom. The summed E-state index contributed by atoms with van der Waals surface area (Å²) in [4.78, 5) is 14.0. The lowest BCUT2D eigenvalue weighted by Crippen LogP contribution is -2.53. The van der Waals surface area contributed by atoms with Crippen LogP contribution in [-0.4, -0.2) is 69.1 Å². The maximum Gasteiger partial charge on any atom is 0.227 e. The van der Waals surface area contributed by atoms with Crippen molar-refractivity contribution in [3.05, 3.63) is 0 Å². The van der Waals surface area contributed by atoms with Gasteiger partial charge in [0.25, 0.3) is 0 Å². The first-order valence-corrected chi connectivity index (χ1v) is 8.28. The molecule has 19 heavy (non-hydrogen) atoms. The van der Waals surface area contributed by atoms with E-state index < -0.39 is 10.0 Å². The summed E-state index contributed by atoms with van der Waals surface area (Å²) in [6, 6.07) is 0. The highest BCUT2D eigenvalue weighted by Gasteiger charge is 2.30. The molecule has 112 valence electrons. The molecule has 0 radical (unpaired) electrons. The highest BCUT2D eigenvalue weighted by molar-refractivity contribution is 7.88. The lowest BCUT2D eigenvalue weighted by molar-refractivity contribution is -0.137. The number of nitrogens with one attached hydrogen (secondary N) is 1. The van der Waals surface area contributed by atoms with Crippen LogP contribution in [0.2, 0.25) is 0 Å². The van der Waals surface area contributed by atoms with Gasteiger partial charge in [-0.05, 0) is 19.4 Å². The monoisotopic (exact) mass is 311 g/mol. The Morgan fingerprint density at radius 2 is 1.84 bits per heavy atom. The summed E-state index contributed by atoms with van der Waals surface area (Å²) in [6.07, 6.45) is 3.20. The Kier molecular flexibility index (Phi) is 6.04. The van der Waals surface area contributed by atoms with Gasteiger partial charge in [0.2, 0.25) is 15.9 Å². The first kappa shape index (κ1) is 16.7. The Bertz CT molecular complexity index is 401. The zero-order valence-corrected chi connectivity index (χ0v) is 12.8. The fourth-order valence-electron chi connectivity index (χ4n) is 2.56. The SMILES string of the molecule is CS(=O)(=O)N1CCN(C(=O)[C@@H]2CCCNC2)CC1.Cl. The van der Waals surface area contributed by atoms with Gasteiger partial charge in [0, 0.05) is 32.7 Å². The fourth-order valence-corrected chi connectivity index (χ4v) is 3.39. The maximum absolute atomic E-state index is 12.2. The van der Waals surface area contributed by atoms with Crippen LogP contribution in [0.15, 0.2) is 0 Å². The Labute approximate surface area is 121 Å². The molecule has 0 aromatic carbocycles. The smallest absolute Gasteiger partial charge is 0.227 e. The predicted octanol–water partition coefficient (Wildman–Crippen LogP) is -0.488. The van der Waals surface area contributed by atoms with Crippen LogP contribution in [0.5, 0.6) is 0 Å². The van der Waals surface area contributed by atoms with Gasteiger partial charge >= 0.3 is 0 Å². The lowest BCUT2D eigenvalue weighted by Gasteiger charge is -2.36. The van der Waals surface area contributed by atoms with Crippen molar-refractivity contribution in [1.29, 1.82) is 0 Å². The van der Waals surface area contributed by atoms with Gasteiger partial charge in [0.05, 0.1) is 12.2 Å². The number of sulfonamides is 1. The van der Waals surface area contributed by atoms with Gasteiger partial charge in [0.1, 0.15) is 0 Å². The number of carbonyl (C=O) groups excluding carboxylic acids is 1. The molecule has 2 aliphatic rings. The van der Waals surface area contributed by atoms with E-state index in [9.17, 15) is 13.2 Å². The third kappa shape index (κ3) is 4.30. The Morgan fingerprint density at radius 1 is 1.21 bits per heavy atom. The predicted molar refractivity (Wildman–Crippen MR) is 75.8 cm³/mol. The van der Waals surface area contributed by atoms with Gasteiger partial charge in [-0.2, -0.15) is 4.31 Å². The van der Waals surface area contributed by atoms with Crippen molar-refractivity contribution in [2.45, 2.75) is 12.8 Å². The summed E-state index contributed by atoms with van der Waals surface area (Å²) >= 11 is 0. The van der Waals surface area contributed by atoms with E-state index in [1.54, 1.807) is 4.90 Å². The second kappa shape index (κ2) is 6.88. The second-order valence-corrected chi connectivity index (χ2v) is 7.01. The summed E-state index contributed by atoms with van der Waals surface area (Å²) in [5.74, 6) is 0.249. The molecule has 2 aliphatic heterocycles. The first-order chi connectivity index (χ1) is 8.48. The van der Waals surface area contributed by atoms with Gasteiger partial charge in [0.15, 0.2) is 0 Å². The molecule has 0 unspecified atom stereocenters. The minimum atomic E-state index is -3.12. The van der Waals surface area contributed by atoms with Crippen LogP contribution in [0.1, 0.15) is 12.8 Å². The first-order valence-electron chi connectivity index (χ1n) is 6.43. The molecule has 2 fully saturated rings. The lowest BCUT2D eigenvalue weighted by atomic mass is 9.98. The quantitative estimate of drug-likeness (QED) is 0.747. The molecule has 1 N–H and O–H groups in total. The average molecular weight is 312 g/mol. The molecule has 0 spiro atoms. The maximum atomic E-state index is 12.2. The number of amides is 1. The zero-order valence-electron chi connectivity index (χ0n) is 11.2. The molecule has 0 bridgehead atoms. The number of halogens is 1. The number of hydrogen-bond acceptors (Lipinski definition) is 4. The van der Waals surface area contributed by atoms with E-state index in [1.165, 1.54) is 10.6 Å². The number of piperidine rings is 1. The third-order valence-electron chi connectivity index (χ3n) is 3.67. The third-order valence-corrected chi connectivity index (χ3v) is 4.97. The van der Waals surface area contributed by atoms with Crippen molar-refractivity contribution < 1.29 is 13.2 Å². The minimum Gasteiger partial charge on any atom is -0.340 e. The molecular formula is C11H22ClN3O3S. The summed E-state index contributed by atoms with van der Waals surface area (Å²) in [5.41, 5.74) is 0. The Balaban J connectivity index is 0.00000180. The number of rotatable bonds is 2. The van der Waals surface area contributed by atoms with Crippen LogP contribution in [0.3, 0.4) is 0 Å². The van der Waals surface area contributed by atoms with E-state index >= 15 is 0 Å². The molecule has 0 saturated carbocycles. The van der Waals surface area contributed by atoms with E-state index in [0.717, 1.165) is 25.9 Å². The normalized spacial score (nSPS) is 25.7. The van der Waals surface area contributed by atoms with E-state index in [4.69, 9.17) is 0 Å². The van der Waals surface area contributed by atoms with Crippen molar-refractivity contribution in [3.8, 4) is 0 Å². The van der Waals surface area contributed by atoms with Gasteiger partial charge in [-0.25, -0.2) is 8.42 Å². The Hall–Kier alpha value is -0.370. The van der Waals surface area contributed by atoms with E-state index in [1.807, 2.05) is 0 Å². The summed E-state index contributed by atoms with van der Waals surface area (Å²) in [5, 5.41) is 3.23. The molecule has 2 heterocycles. The standard InChI is InChI=1S/C11H21N3O3S.ClH/c1-18(16,17)14-7-5-13(6-8-14)11(15)10-3-2-4-12-9-10;/h10,12H,2-9H2,1H3;1H/t10-;/m1./s1. The molecular weight excluding hydrogens is 290 g/mol. The fraction of sp³-hybridized carbons (Fsp3) is 0.909. The molecule has 8 heteroatoms.